The van der Waals surface area contributed by atoms with E-state index < -0.39 is 0 Å². The number of aromatic nitrogens is 3. The Morgan fingerprint density at radius 3 is 3.40 bits per heavy atom. The lowest BCUT2D eigenvalue weighted by molar-refractivity contribution is 0.0235. The Hall–Kier alpha value is -1.46. The summed E-state index contributed by atoms with van der Waals surface area (Å²) in [4.78, 5) is 4.33. The van der Waals surface area contributed by atoms with Gasteiger partial charge >= 0.3 is 0 Å². The van der Waals surface area contributed by atoms with Crippen LogP contribution in [0.4, 0.5) is 0 Å². The maximum Gasteiger partial charge on any atom is 0.114 e. The van der Waals surface area contributed by atoms with Crippen LogP contribution in [0, 0.1) is 0 Å². The molecular weight excluding hydrogens is 192 g/mol. The first kappa shape index (κ1) is 8.82. The number of pyridine rings is 1. The van der Waals surface area contributed by atoms with Gasteiger partial charge in [-0.15, -0.1) is 0 Å². The van der Waals surface area contributed by atoms with Crippen LogP contribution < -0.4 is 5.73 Å². The molecule has 1 aliphatic rings. The quantitative estimate of drug-likeness (QED) is 0.733. The zero-order valence-electron chi connectivity index (χ0n) is 8.26. The molecule has 5 nitrogen and oxygen atoms in total. The molecule has 15 heavy (non-hydrogen) atoms. The van der Waals surface area contributed by atoms with E-state index in [1.54, 1.807) is 6.20 Å². The molecule has 3 heterocycles. The van der Waals surface area contributed by atoms with Gasteiger partial charge in [-0.1, -0.05) is 0 Å². The smallest absolute Gasteiger partial charge is 0.114 e. The number of hydrogen-bond donors (Lipinski definition) is 1. The SMILES string of the molecule is NC[C@@H]1OCCn2nc3cccnc3c21. The molecule has 1 atom stereocenters. The van der Waals surface area contributed by atoms with Gasteiger partial charge in [-0.2, -0.15) is 5.10 Å². The molecule has 0 fully saturated rings. The molecule has 2 aromatic heterocycles. The van der Waals surface area contributed by atoms with Crippen molar-refractivity contribution in [3.63, 3.8) is 0 Å². The Morgan fingerprint density at radius 1 is 1.60 bits per heavy atom. The highest BCUT2D eigenvalue weighted by Crippen LogP contribution is 2.27. The number of rotatable bonds is 1. The Labute approximate surface area is 86.8 Å². The van der Waals surface area contributed by atoms with E-state index in [-0.39, 0.29) is 6.10 Å². The van der Waals surface area contributed by atoms with Crippen molar-refractivity contribution in [1.29, 1.82) is 0 Å². The van der Waals surface area contributed by atoms with Gasteiger partial charge in [-0.05, 0) is 12.1 Å². The van der Waals surface area contributed by atoms with E-state index in [4.69, 9.17) is 10.5 Å². The lowest BCUT2D eigenvalue weighted by Crippen LogP contribution is -2.27. The van der Waals surface area contributed by atoms with Crippen LogP contribution in [-0.4, -0.2) is 27.9 Å². The second-order valence-electron chi connectivity index (χ2n) is 3.57. The van der Waals surface area contributed by atoms with Crippen molar-refractivity contribution in [2.45, 2.75) is 12.6 Å². The lowest BCUT2D eigenvalue weighted by atomic mass is 10.2. The zero-order chi connectivity index (χ0) is 10.3. The maximum absolute atomic E-state index is 5.67. The number of fused-ring (bicyclic) bond motifs is 3. The molecule has 0 saturated carbocycles. The third kappa shape index (κ3) is 1.24. The fourth-order valence-electron chi connectivity index (χ4n) is 2.01. The average Bonchev–Trinajstić information content (AvgIpc) is 2.67. The Balaban J connectivity index is 2.27. The standard InChI is InChI=1S/C10H12N4O/c11-6-8-10-9-7(2-1-3-12-9)13-14(10)4-5-15-8/h1-3,8H,4-6,11H2/t8-/m0/s1. The molecule has 0 aliphatic carbocycles. The highest BCUT2D eigenvalue weighted by atomic mass is 16.5. The van der Waals surface area contributed by atoms with Crippen molar-refractivity contribution in [2.75, 3.05) is 13.2 Å². The summed E-state index contributed by atoms with van der Waals surface area (Å²) in [5.41, 5.74) is 8.51. The molecule has 0 spiro atoms. The van der Waals surface area contributed by atoms with E-state index in [0.717, 1.165) is 23.3 Å². The third-order valence-corrected chi connectivity index (χ3v) is 2.68. The molecule has 1 aliphatic heterocycles. The van der Waals surface area contributed by atoms with Crippen LogP contribution >= 0.6 is 0 Å². The number of hydrogen-bond acceptors (Lipinski definition) is 4. The molecule has 0 unspecified atom stereocenters. The fraction of sp³-hybridized carbons (Fsp3) is 0.400. The van der Waals surface area contributed by atoms with Gasteiger partial charge in [0.25, 0.3) is 0 Å². The maximum atomic E-state index is 5.67. The predicted molar refractivity (Wildman–Crippen MR) is 55.3 cm³/mol. The van der Waals surface area contributed by atoms with Crippen LogP contribution in [-0.2, 0) is 11.3 Å². The van der Waals surface area contributed by atoms with Crippen LogP contribution in [0.5, 0.6) is 0 Å². The van der Waals surface area contributed by atoms with Crippen molar-refractivity contribution in [2.24, 2.45) is 5.73 Å². The molecule has 0 saturated heterocycles. The van der Waals surface area contributed by atoms with Crippen molar-refractivity contribution in [3.8, 4) is 0 Å². The molecule has 5 heteroatoms. The second-order valence-corrected chi connectivity index (χ2v) is 3.57. The van der Waals surface area contributed by atoms with E-state index in [2.05, 4.69) is 10.1 Å². The summed E-state index contributed by atoms with van der Waals surface area (Å²) in [5, 5.41) is 4.47. The van der Waals surface area contributed by atoms with Gasteiger partial charge in [0.2, 0.25) is 0 Å². The normalized spacial score (nSPS) is 20.5. The van der Waals surface area contributed by atoms with E-state index >= 15 is 0 Å². The van der Waals surface area contributed by atoms with Crippen LogP contribution in [0.2, 0.25) is 0 Å². The number of nitrogens with zero attached hydrogens (tertiary/aromatic N) is 3. The van der Waals surface area contributed by atoms with E-state index in [9.17, 15) is 0 Å². The fourth-order valence-corrected chi connectivity index (χ4v) is 2.01. The second kappa shape index (κ2) is 3.29. The molecule has 0 aromatic carbocycles. The van der Waals surface area contributed by atoms with Crippen molar-refractivity contribution in [3.05, 3.63) is 24.0 Å². The minimum absolute atomic E-state index is 0.0707. The van der Waals surface area contributed by atoms with Crippen molar-refractivity contribution in [1.82, 2.24) is 14.8 Å². The predicted octanol–water partition coefficient (Wildman–Crippen LogP) is 0.461. The molecule has 0 bridgehead atoms. The summed E-state index contributed by atoms with van der Waals surface area (Å²) in [5.74, 6) is 0. The molecule has 2 aromatic rings. The van der Waals surface area contributed by atoms with Crippen LogP contribution in [0.3, 0.4) is 0 Å². The molecule has 3 rings (SSSR count). The van der Waals surface area contributed by atoms with Crippen LogP contribution in [0.25, 0.3) is 11.0 Å². The first-order valence-electron chi connectivity index (χ1n) is 5.03. The van der Waals surface area contributed by atoms with E-state index in [0.29, 0.717) is 13.2 Å². The summed E-state index contributed by atoms with van der Waals surface area (Å²) in [6.45, 7) is 1.92. The summed E-state index contributed by atoms with van der Waals surface area (Å²) < 4.78 is 7.55. The van der Waals surface area contributed by atoms with Gasteiger partial charge in [0.15, 0.2) is 0 Å². The van der Waals surface area contributed by atoms with Gasteiger partial charge in [0.1, 0.15) is 17.1 Å². The van der Waals surface area contributed by atoms with E-state index in [1.165, 1.54) is 0 Å². The van der Waals surface area contributed by atoms with Gasteiger partial charge < -0.3 is 10.5 Å². The van der Waals surface area contributed by atoms with Crippen molar-refractivity contribution < 1.29 is 4.74 Å². The van der Waals surface area contributed by atoms with E-state index in [1.807, 2.05) is 16.8 Å². The Bertz CT molecular complexity index is 493. The minimum atomic E-state index is -0.0707. The topological polar surface area (TPSA) is 66.0 Å². The first-order valence-corrected chi connectivity index (χ1v) is 5.03. The highest BCUT2D eigenvalue weighted by Gasteiger charge is 2.24. The molecule has 0 amide bonds. The highest BCUT2D eigenvalue weighted by molar-refractivity contribution is 5.77. The summed E-state index contributed by atoms with van der Waals surface area (Å²) in [7, 11) is 0. The Kier molecular flexibility index (Phi) is 1.93. The van der Waals surface area contributed by atoms with Gasteiger partial charge in [0.05, 0.1) is 18.8 Å². The lowest BCUT2D eigenvalue weighted by Gasteiger charge is -2.22. The molecule has 2 N–H and O–H groups in total. The molecule has 78 valence electrons. The molecular formula is C10H12N4O. The third-order valence-electron chi connectivity index (χ3n) is 2.68. The summed E-state index contributed by atoms with van der Waals surface area (Å²) in [6.07, 6.45) is 1.70. The summed E-state index contributed by atoms with van der Waals surface area (Å²) in [6, 6.07) is 3.85. The number of ether oxygens (including phenoxy) is 1. The monoisotopic (exact) mass is 204 g/mol. The largest absolute Gasteiger partial charge is 0.369 e. The van der Waals surface area contributed by atoms with Gasteiger partial charge in [0, 0.05) is 12.7 Å². The first-order chi connectivity index (χ1) is 7.40. The van der Waals surface area contributed by atoms with Crippen molar-refractivity contribution >= 4 is 11.0 Å². The zero-order valence-corrected chi connectivity index (χ0v) is 8.26. The van der Waals surface area contributed by atoms with Crippen LogP contribution in [0.15, 0.2) is 18.3 Å². The minimum Gasteiger partial charge on any atom is -0.369 e. The summed E-state index contributed by atoms with van der Waals surface area (Å²) >= 11 is 0. The Morgan fingerprint density at radius 2 is 2.53 bits per heavy atom. The average molecular weight is 204 g/mol. The van der Waals surface area contributed by atoms with Crippen LogP contribution in [0.1, 0.15) is 11.8 Å². The molecule has 0 radical (unpaired) electrons. The van der Waals surface area contributed by atoms with Gasteiger partial charge in [-0.25, -0.2) is 0 Å². The van der Waals surface area contributed by atoms with Gasteiger partial charge in [-0.3, -0.25) is 9.67 Å². The number of nitrogens with two attached hydrogens (primary N) is 1.